The van der Waals surface area contributed by atoms with E-state index < -0.39 is 24.3 Å². The van der Waals surface area contributed by atoms with Crippen molar-refractivity contribution < 1.29 is 29.6 Å². The molecule has 1 unspecified atom stereocenters. The molecule has 0 spiro atoms. The Labute approximate surface area is 176 Å². The van der Waals surface area contributed by atoms with Crippen LogP contribution < -0.4 is 0 Å². The fourth-order valence-electron chi connectivity index (χ4n) is 4.21. The van der Waals surface area contributed by atoms with Crippen LogP contribution in [0.15, 0.2) is 29.2 Å². The lowest BCUT2D eigenvalue weighted by molar-refractivity contribution is -0.137. The van der Waals surface area contributed by atoms with Gasteiger partial charge in [-0.25, -0.2) is 4.39 Å². The first kappa shape index (κ1) is 24.1. The third kappa shape index (κ3) is 8.24. The van der Waals surface area contributed by atoms with Crippen molar-refractivity contribution in [1.82, 2.24) is 0 Å². The Bertz CT molecular complexity index is 629. The van der Waals surface area contributed by atoms with Crippen LogP contribution in [0.25, 0.3) is 0 Å². The minimum absolute atomic E-state index is 0.0101. The topological polar surface area (TPSA) is 98.0 Å². The fourth-order valence-corrected chi connectivity index (χ4v) is 5.13. The summed E-state index contributed by atoms with van der Waals surface area (Å²) < 4.78 is 13.7. The minimum Gasteiger partial charge on any atom is -0.481 e. The van der Waals surface area contributed by atoms with Gasteiger partial charge in [0.25, 0.3) is 0 Å². The zero-order valence-electron chi connectivity index (χ0n) is 16.8. The third-order valence-electron chi connectivity index (χ3n) is 5.80. The Balaban J connectivity index is 1.72. The number of thioether (sulfide) groups is 1. The summed E-state index contributed by atoms with van der Waals surface area (Å²) in [5.41, 5.74) is 0. The van der Waals surface area contributed by atoms with Crippen LogP contribution in [-0.2, 0) is 4.79 Å². The molecule has 29 heavy (non-hydrogen) atoms. The van der Waals surface area contributed by atoms with Crippen molar-refractivity contribution in [3.63, 3.8) is 0 Å². The number of rotatable bonds is 13. The van der Waals surface area contributed by atoms with E-state index in [1.165, 1.54) is 17.8 Å². The number of aliphatic carboxylic acids is 1. The molecule has 1 aromatic rings. The maximum absolute atomic E-state index is 13.7. The standard InChI is InChI=1S/C22H33FO5S/c23-18-8-5-6-9-21(18)29-14-15(24)11-12-17-16(19(25)13-20(17)26)7-3-1-2-4-10-22(27)28/h5-6,8-9,15-17,19-20,24-26H,1-4,7,10-14H2,(H,27,28)/t15-,16?,17-,19+,20-/m1/s1. The van der Waals surface area contributed by atoms with Crippen LogP contribution in [0, 0.1) is 17.7 Å². The average molecular weight is 429 g/mol. The second kappa shape index (κ2) is 12.5. The monoisotopic (exact) mass is 428 g/mol. The van der Waals surface area contributed by atoms with Gasteiger partial charge in [-0.05, 0) is 56.1 Å². The Morgan fingerprint density at radius 3 is 2.41 bits per heavy atom. The molecule has 5 nitrogen and oxygen atoms in total. The molecule has 0 amide bonds. The minimum atomic E-state index is -0.772. The van der Waals surface area contributed by atoms with Crippen molar-refractivity contribution in [2.24, 2.45) is 11.8 Å². The fraction of sp³-hybridized carbons (Fsp3) is 0.682. The number of halogens is 1. The second-order valence-electron chi connectivity index (χ2n) is 8.02. The molecular formula is C22H33FO5S. The summed E-state index contributed by atoms with van der Waals surface area (Å²) in [6, 6.07) is 6.49. The first-order valence-electron chi connectivity index (χ1n) is 10.5. The first-order chi connectivity index (χ1) is 13.9. The Kier molecular flexibility index (Phi) is 10.4. The lowest BCUT2D eigenvalue weighted by Gasteiger charge is -2.24. The second-order valence-corrected chi connectivity index (χ2v) is 9.08. The van der Waals surface area contributed by atoms with Crippen LogP contribution >= 0.6 is 11.8 Å². The van der Waals surface area contributed by atoms with Crippen LogP contribution in [0.1, 0.15) is 57.8 Å². The maximum atomic E-state index is 13.7. The van der Waals surface area contributed by atoms with Crippen LogP contribution in [-0.4, -0.2) is 50.5 Å². The van der Waals surface area contributed by atoms with Gasteiger partial charge >= 0.3 is 5.97 Å². The zero-order valence-corrected chi connectivity index (χ0v) is 17.6. The average Bonchev–Trinajstić information content (AvgIpc) is 2.94. The van der Waals surface area contributed by atoms with E-state index >= 15 is 0 Å². The summed E-state index contributed by atoms with van der Waals surface area (Å²) in [6.07, 6.45) is 4.15. The van der Waals surface area contributed by atoms with Crippen molar-refractivity contribution in [1.29, 1.82) is 0 Å². The Morgan fingerprint density at radius 2 is 1.72 bits per heavy atom. The Hall–Kier alpha value is -1.15. The van der Waals surface area contributed by atoms with Gasteiger partial charge in [0, 0.05) is 17.1 Å². The highest BCUT2D eigenvalue weighted by Gasteiger charge is 2.40. The predicted molar refractivity (Wildman–Crippen MR) is 111 cm³/mol. The summed E-state index contributed by atoms with van der Waals surface area (Å²) in [7, 11) is 0. The molecule has 7 heteroatoms. The van der Waals surface area contributed by atoms with Crippen LogP contribution in [0.5, 0.6) is 0 Å². The van der Waals surface area contributed by atoms with Gasteiger partial charge in [-0.3, -0.25) is 4.79 Å². The van der Waals surface area contributed by atoms with Gasteiger partial charge < -0.3 is 20.4 Å². The molecular weight excluding hydrogens is 395 g/mol. The highest BCUT2D eigenvalue weighted by molar-refractivity contribution is 7.99. The molecule has 0 radical (unpaired) electrons. The first-order valence-corrected chi connectivity index (χ1v) is 11.5. The molecule has 0 heterocycles. The van der Waals surface area contributed by atoms with E-state index in [0.29, 0.717) is 36.3 Å². The summed E-state index contributed by atoms with van der Waals surface area (Å²) in [4.78, 5) is 11.0. The SMILES string of the molecule is O=C(O)CCCCCCC1[C@@H](CC[C@@H](O)CSc2ccccc2F)[C@H](O)C[C@@H]1O. The summed E-state index contributed by atoms with van der Waals surface area (Å²) in [5, 5.41) is 39.6. The van der Waals surface area contributed by atoms with Crippen molar-refractivity contribution in [3.8, 4) is 0 Å². The van der Waals surface area contributed by atoms with Crippen molar-refractivity contribution in [3.05, 3.63) is 30.1 Å². The maximum Gasteiger partial charge on any atom is 0.303 e. The predicted octanol–water partition coefficient (Wildman–Crippen LogP) is 3.84. The molecule has 1 aliphatic rings. The molecule has 1 aliphatic carbocycles. The van der Waals surface area contributed by atoms with Gasteiger partial charge in [0.2, 0.25) is 0 Å². The summed E-state index contributed by atoms with van der Waals surface area (Å²) in [6.45, 7) is 0. The molecule has 2 rings (SSSR count). The number of unbranched alkanes of at least 4 members (excludes halogenated alkanes) is 3. The molecule has 164 valence electrons. The van der Waals surface area contributed by atoms with Crippen molar-refractivity contribution in [2.75, 3.05) is 5.75 Å². The summed E-state index contributed by atoms with van der Waals surface area (Å²) in [5.74, 6) is -0.706. The van der Waals surface area contributed by atoms with E-state index in [2.05, 4.69) is 0 Å². The van der Waals surface area contributed by atoms with Gasteiger partial charge in [-0.2, -0.15) is 0 Å². The molecule has 0 saturated heterocycles. The number of carboxylic acids is 1. The number of carbonyl (C=O) groups is 1. The number of carboxylic acid groups (broad SMARTS) is 1. The molecule has 4 N–H and O–H groups in total. The van der Waals surface area contributed by atoms with Crippen molar-refractivity contribution >= 4 is 17.7 Å². The largest absolute Gasteiger partial charge is 0.481 e. The van der Waals surface area contributed by atoms with E-state index in [4.69, 9.17) is 5.11 Å². The normalized spacial score (nSPS) is 25.2. The number of benzene rings is 1. The third-order valence-corrected chi connectivity index (χ3v) is 6.99. The van der Waals surface area contributed by atoms with Crippen molar-refractivity contribution in [2.45, 2.75) is 81.0 Å². The summed E-state index contributed by atoms with van der Waals surface area (Å²) >= 11 is 1.28. The highest BCUT2D eigenvalue weighted by Crippen LogP contribution is 2.39. The quantitative estimate of drug-likeness (QED) is 0.281. The van der Waals surface area contributed by atoms with Crippen LogP contribution in [0.4, 0.5) is 4.39 Å². The van der Waals surface area contributed by atoms with Crippen LogP contribution in [0.2, 0.25) is 0 Å². The van der Waals surface area contributed by atoms with E-state index in [0.717, 1.165) is 25.7 Å². The van der Waals surface area contributed by atoms with Gasteiger partial charge in [0.1, 0.15) is 5.82 Å². The lowest BCUT2D eigenvalue weighted by Crippen LogP contribution is -2.24. The molecule has 1 aromatic carbocycles. The number of hydrogen-bond donors (Lipinski definition) is 4. The van der Waals surface area contributed by atoms with E-state index in [1.54, 1.807) is 18.2 Å². The molecule has 0 aromatic heterocycles. The molecule has 5 atom stereocenters. The van der Waals surface area contributed by atoms with E-state index in [-0.39, 0.29) is 24.1 Å². The Morgan fingerprint density at radius 1 is 1.07 bits per heavy atom. The van der Waals surface area contributed by atoms with Gasteiger partial charge in [0.05, 0.1) is 18.3 Å². The molecule has 1 saturated carbocycles. The molecule has 1 fully saturated rings. The molecule has 0 bridgehead atoms. The lowest BCUT2D eigenvalue weighted by atomic mass is 9.85. The zero-order chi connectivity index (χ0) is 21.2. The van der Waals surface area contributed by atoms with Gasteiger partial charge in [0.15, 0.2) is 0 Å². The number of aliphatic hydroxyl groups is 3. The van der Waals surface area contributed by atoms with Gasteiger partial charge in [-0.15, -0.1) is 11.8 Å². The smallest absolute Gasteiger partial charge is 0.303 e. The van der Waals surface area contributed by atoms with E-state index in [9.17, 15) is 24.5 Å². The number of aliphatic hydroxyl groups excluding tert-OH is 3. The molecule has 0 aliphatic heterocycles. The van der Waals surface area contributed by atoms with Gasteiger partial charge in [-0.1, -0.05) is 31.4 Å². The van der Waals surface area contributed by atoms with Crippen LogP contribution in [0.3, 0.4) is 0 Å². The number of hydrogen-bond acceptors (Lipinski definition) is 5. The highest BCUT2D eigenvalue weighted by atomic mass is 32.2. The van der Waals surface area contributed by atoms with E-state index in [1.807, 2.05) is 0 Å².